The minimum atomic E-state index is -1.12. The van der Waals surface area contributed by atoms with Gasteiger partial charge in [0.05, 0.1) is 32.8 Å². The van der Waals surface area contributed by atoms with Crippen LogP contribution in [0.5, 0.6) is 0 Å². The number of carbonyl (C=O) groups excluding carboxylic acids is 2. The summed E-state index contributed by atoms with van der Waals surface area (Å²) in [7, 11) is 0. The van der Waals surface area contributed by atoms with Gasteiger partial charge in [-0.05, 0) is 0 Å². The number of rotatable bonds is 11. The Morgan fingerprint density at radius 1 is 1.04 bits per heavy atom. The molecule has 1 aromatic heterocycles. The summed E-state index contributed by atoms with van der Waals surface area (Å²) in [5, 5.41) is 2.28. The van der Waals surface area contributed by atoms with Gasteiger partial charge in [0.1, 0.15) is 5.56 Å². The number of hydrogen-bond acceptors (Lipinski definition) is 10. The van der Waals surface area contributed by atoms with Crippen LogP contribution in [0.4, 0.5) is 10.5 Å². The Labute approximate surface area is 160 Å². The zero-order chi connectivity index (χ0) is 20.2. The molecule has 0 unspecified atom stereocenters. The zero-order valence-electron chi connectivity index (χ0n) is 15.3. The number of nitrogens with zero attached hydrogens (tertiary/aromatic N) is 5. The lowest BCUT2D eigenvalue weighted by atomic mass is 10.3. The molecule has 2 heterocycles. The van der Waals surface area contributed by atoms with E-state index in [1.54, 1.807) is 0 Å². The first kappa shape index (κ1) is 21.7. The van der Waals surface area contributed by atoms with E-state index in [0.717, 1.165) is 32.7 Å². The predicted octanol–water partition coefficient (Wildman–Crippen LogP) is 0.356. The van der Waals surface area contributed by atoms with Crippen molar-refractivity contribution >= 4 is 17.8 Å². The minimum Gasteiger partial charge on any atom is -0.379 e. The molecule has 1 aromatic rings. The van der Waals surface area contributed by atoms with Gasteiger partial charge in [-0.1, -0.05) is 0 Å². The molecule has 0 aliphatic carbocycles. The highest BCUT2D eigenvalue weighted by Gasteiger charge is 2.19. The van der Waals surface area contributed by atoms with Gasteiger partial charge in [-0.15, -0.1) is 4.91 Å². The van der Waals surface area contributed by atoms with E-state index in [-0.39, 0.29) is 18.6 Å². The maximum atomic E-state index is 11.9. The first-order chi connectivity index (χ1) is 13.6. The summed E-state index contributed by atoms with van der Waals surface area (Å²) in [5.74, 6) is -1.36. The maximum absolute atomic E-state index is 11.9. The second-order valence-corrected chi connectivity index (χ2v) is 5.92. The summed E-state index contributed by atoms with van der Waals surface area (Å²) in [6.45, 7) is 5.28. The van der Waals surface area contributed by atoms with Crippen molar-refractivity contribution in [2.75, 3.05) is 64.1 Å². The maximum Gasteiger partial charge on any atom is 0.382 e. The van der Waals surface area contributed by atoms with E-state index >= 15 is 0 Å². The summed E-state index contributed by atoms with van der Waals surface area (Å²) in [5.41, 5.74) is -0.0435. The fourth-order valence-electron chi connectivity index (χ4n) is 2.53. The van der Waals surface area contributed by atoms with Crippen LogP contribution in [0.3, 0.4) is 0 Å². The molecule has 0 bridgehead atoms. The Balaban J connectivity index is 1.55. The standard InChI is InChI=1S/C16H22FN5O6/c17-28-15(24)13-11-18-16(19-12-13)22-4-2-21(3-5-22)6-8-27-10-9-26-7-1-14(23)20-25/h11-12H,1-10H2. The lowest BCUT2D eigenvalue weighted by Gasteiger charge is -2.34. The molecular formula is C16H22FN5O6. The van der Waals surface area contributed by atoms with E-state index < -0.39 is 11.9 Å². The first-order valence-corrected chi connectivity index (χ1v) is 8.78. The van der Waals surface area contributed by atoms with Gasteiger partial charge in [0.15, 0.2) is 0 Å². The third-order valence-electron chi connectivity index (χ3n) is 4.09. The van der Waals surface area contributed by atoms with Crippen LogP contribution in [0.15, 0.2) is 17.6 Å². The quantitative estimate of drug-likeness (QED) is 0.380. The number of aromatic nitrogens is 2. The number of nitroso groups, excluding NO2 is 1. The molecule has 2 rings (SSSR count). The Bertz CT molecular complexity index is 639. The van der Waals surface area contributed by atoms with Crippen molar-refractivity contribution in [2.24, 2.45) is 5.18 Å². The van der Waals surface area contributed by atoms with Crippen molar-refractivity contribution < 1.29 is 28.5 Å². The minimum absolute atomic E-state index is 0.0137. The summed E-state index contributed by atoms with van der Waals surface area (Å²) in [6.07, 6.45) is 2.45. The van der Waals surface area contributed by atoms with Gasteiger partial charge < -0.3 is 14.4 Å². The van der Waals surface area contributed by atoms with Crippen LogP contribution in [0, 0.1) is 4.91 Å². The van der Waals surface area contributed by atoms with E-state index in [9.17, 15) is 19.0 Å². The largest absolute Gasteiger partial charge is 0.382 e. The van der Waals surface area contributed by atoms with Crippen molar-refractivity contribution in [2.45, 2.75) is 6.42 Å². The molecule has 1 aliphatic heterocycles. The molecule has 11 nitrogen and oxygen atoms in total. The summed E-state index contributed by atoms with van der Waals surface area (Å²) < 4.78 is 22.5. The third kappa shape index (κ3) is 7.21. The fourth-order valence-corrected chi connectivity index (χ4v) is 2.53. The van der Waals surface area contributed by atoms with Crippen LogP contribution in [0.1, 0.15) is 16.8 Å². The van der Waals surface area contributed by atoms with Crippen LogP contribution in [0.2, 0.25) is 0 Å². The van der Waals surface area contributed by atoms with E-state index in [2.05, 4.69) is 25.0 Å². The Morgan fingerprint density at radius 2 is 1.68 bits per heavy atom. The Kier molecular flexibility index (Phi) is 9.31. The van der Waals surface area contributed by atoms with Crippen LogP contribution < -0.4 is 4.90 Å². The number of carbonyl (C=O) groups is 2. The van der Waals surface area contributed by atoms with Gasteiger partial charge in [-0.2, -0.15) is 0 Å². The SMILES string of the molecule is O=NC(=O)CCOCCOCCN1CCN(c2ncc(C(=O)OF)cn2)CC1. The van der Waals surface area contributed by atoms with Crippen molar-refractivity contribution in [3.63, 3.8) is 0 Å². The molecule has 0 spiro atoms. The topological polar surface area (TPSA) is 124 Å². The average Bonchev–Trinajstić information content (AvgIpc) is 2.75. The molecule has 28 heavy (non-hydrogen) atoms. The Morgan fingerprint density at radius 3 is 2.29 bits per heavy atom. The lowest BCUT2D eigenvalue weighted by molar-refractivity contribution is -0.119. The van der Waals surface area contributed by atoms with E-state index in [4.69, 9.17) is 9.47 Å². The molecule has 0 saturated carbocycles. The second-order valence-electron chi connectivity index (χ2n) is 5.92. The van der Waals surface area contributed by atoms with Crippen molar-refractivity contribution in [3.05, 3.63) is 22.9 Å². The smallest absolute Gasteiger partial charge is 0.379 e. The van der Waals surface area contributed by atoms with Gasteiger partial charge in [0, 0.05) is 54.8 Å². The molecule has 1 fully saturated rings. The summed E-state index contributed by atoms with van der Waals surface area (Å²) in [6, 6.07) is 0. The fraction of sp³-hybridized carbons (Fsp3) is 0.625. The number of ether oxygens (including phenoxy) is 2. The molecule has 1 amide bonds. The van der Waals surface area contributed by atoms with Crippen LogP contribution in [-0.4, -0.2) is 85.9 Å². The molecule has 0 atom stereocenters. The summed E-state index contributed by atoms with van der Waals surface area (Å²) >= 11 is 0. The highest BCUT2D eigenvalue weighted by atomic mass is 19.3. The van der Waals surface area contributed by atoms with Crippen molar-refractivity contribution in [1.82, 2.24) is 14.9 Å². The monoisotopic (exact) mass is 399 g/mol. The number of halogens is 1. The number of piperazine rings is 1. The summed E-state index contributed by atoms with van der Waals surface area (Å²) in [4.78, 5) is 47.1. The van der Waals surface area contributed by atoms with Crippen molar-refractivity contribution in [3.8, 4) is 0 Å². The average molecular weight is 399 g/mol. The molecule has 154 valence electrons. The highest BCUT2D eigenvalue weighted by molar-refractivity contribution is 5.88. The highest BCUT2D eigenvalue weighted by Crippen LogP contribution is 2.11. The third-order valence-corrected chi connectivity index (χ3v) is 4.09. The van der Waals surface area contributed by atoms with E-state index in [1.165, 1.54) is 12.4 Å². The van der Waals surface area contributed by atoms with Crippen LogP contribution in [-0.2, 0) is 19.2 Å². The lowest BCUT2D eigenvalue weighted by Crippen LogP contribution is -2.47. The number of anilines is 1. The molecule has 0 aromatic carbocycles. The van der Waals surface area contributed by atoms with Gasteiger partial charge in [0.25, 0.3) is 5.91 Å². The molecular weight excluding hydrogens is 377 g/mol. The van der Waals surface area contributed by atoms with Gasteiger partial charge >= 0.3 is 5.97 Å². The molecule has 1 saturated heterocycles. The van der Waals surface area contributed by atoms with Gasteiger partial charge in [-0.3, -0.25) is 9.69 Å². The normalized spacial score (nSPS) is 14.7. The molecule has 12 heteroatoms. The molecule has 0 radical (unpaired) electrons. The second kappa shape index (κ2) is 12.0. The van der Waals surface area contributed by atoms with E-state index in [0.29, 0.717) is 25.8 Å². The van der Waals surface area contributed by atoms with Crippen molar-refractivity contribution in [1.29, 1.82) is 0 Å². The van der Waals surface area contributed by atoms with Crippen LogP contribution in [0.25, 0.3) is 0 Å². The Hall–Kier alpha value is -2.57. The first-order valence-electron chi connectivity index (χ1n) is 8.78. The molecule has 0 N–H and O–H groups in total. The number of amides is 1. The van der Waals surface area contributed by atoms with Crippen LogP contribution >= 0.6 is 0 Å². The molecule has 1 aliphatic rings. The van der Waals surface area contributed by atoms with Gasteiger partial charge in [-0.25, -0.2) is 19.7 Å². The predicted molar refractivity (Wildman–Crippen MR) is 94.3 cm³/mol. The number of hydrogen-bond donors (Lipinski definition) is 0. The van der Waals surface area contributed by atoms with Gasteiger partial charge in [0.2, 0.25) is 5.95 Å². The zero-order valence-corrected chi connectivity index (χ0v) is 15.3. The van der Waals surface area contributed by atoms with E-state index in [1.807, 2.05) is 4.90 Å².